The molecule has 7 nitrogen and oxygen atoms in total. The zero-order chi connectivity index (χ0) is 31.7. The zero-order valence-electron chi connectivity index (χ0n) is 25.2. The minimum absolute atomic E-state index is 0.0649. The minimum Gasteiger partial charge on any atom is -0.477 e. The minimum atomic E-state index is -1.02. The van der Waals surface area contributed by atoms with E-state index in [0.29, 0.717) is 30.6 Å². The summed E-state index contributed by atoms with van der Waals surface area (Å²) in [6.07, 6.45) is 12.2. The number of hydrogen-bond acceptors (Lipinski definition) is 4. The Morgan fingerprint density at radius 3 is 2.38 bits per heavy atom. The number of carboxylic acid groups (broad SMARTS) is 1. The van der Waals surface area contributed by atoms with Crippen molar-refractivity contribution in [2.75, 3.05) is 13.1 Å². The van der Waals surface area contributed by atoms with E-state index in [2.05, 4.69) is 55.6 Å². The Bertz CT molecular complexity index is 1590. The van der Waals surface area contributed by atoms with Crippen molar-refractivity contribution in [3.8, 4) is 0 Å². The molecule has 1 aromatic carbocycles. The van der Waals surface area contributed by atoms with Gasteiger partial charge in [0.25, 0.3) is 0 Å². The third kappa shape index (κ3) is 7.51. The first-order chi connectivity index (χ1) is 21.7. The summed E-state index contributed by atoms with van der Waals surface area (Å²) in [6.45, 7) is 1.63. The van der Waals surface area contributed by atoms with Crippen LogP contribution in [0.4, 0.5) is 0 Å². The summed E-state index contributed by atoms with van der Waals surface area (Å²) in [5.74, 6) is 0.523. The third-order valence-electron chi connectivity index (χ3n) is 10.1. The Hall–Kier alpha value is -2.24. The van der Waals surface area contributed by atoms with Gasteiger partial charge >= 0.3 is 5.97 Å². The van der Waals surface area contributed by atoms with Crippen LogP contribution in [0.5, 0.6) is 0 Å². The number of piperidine rings is 1. The second-order valence-corrected chi connectivity index (χ2v) is 15.6. The van der Waals surface area contributed by atoms with Gasteiger partial charge in [0.05, 0.1) is 12.2 Å². The number of pyridine rings is 1. The number of aromatic carboxylic acids is 1. The van der Waals surface area contributed by atoms with Crippen molar-refractivity contribution < 1.29 is 19.5 Å². The van der Waals surface area contributed by atoms with Crippen LogP contribution in [0, 0.1) is 21.3 Å². The molecule has 3 aromatic rings. The summed E-state index contributed by atoms with van der Waals surface area (Å²) in [7, 11) is 0. The first-order valence-electron chi connectivity index (χ1n) is 16.0. The predicted octanol–water partition coefficient (Wildman–Crippen LogP) is 7.93. The molecule has 45 heavy (non-hydrogen) atoms. The molecule has 2 fully saturated rings. The lowest BCUT2D eigenvalue weighted by Gasteiger charge is -2.38. The van der Waals surface area contributed by atoms with Crippen LogP contribution in [0.3, 0.4) is 0 Å². The van der Waals surface area contributed by atoms with Crippen molar-refractivity contribution in [1.29, 1.82) is 0 Å². The fourth-order valence-electron chi connectivity index (χ4n) is 7.85. The van der Waals surface area contributed by atoms with Crippen molar-refractivity contribution >= 4 is 67.8 Å². The molecule has 1 saturated carbocycles. The van der Waals surface area contributed by atoms with Gasteiger partial charge in [0.15, 0.2) is 5.78 Å². The van der Waals surface area contributed by atoms with Crippen LogP contribution in [0.1, 0.15) is 90.2 Å². The van der Waals surface area contributed by atoms with Crippen LogP contribution in [0.2, 0.25) is 5.02 Å². The second kappa shape index (κ2) is 14.3. The number of amides is 1. The maximum Gasteiger partial charge on any atom is 0.352 e. The molecule has 10 heteroatoms. The number of carbonyl (C=O) groups excluding carboxylic acids is 2. The number of carbonyl (C=O) groups is 3. The highest BCUT2D eigenvalue weighted by Crippen LogP contribution is 2.46. The molecule has 1 aliphatic heterocycles. The van der Waals surface area contributed by atoms with E-state index in [4.69, 9.17) is 16.6 Å². The van der Waals surface area contributed by atoms with E-state index >= 15 is 0 Å². The van der Waals surface area contributed by atoms with Gasteiger partial charge in [-0.15, -0.1) is 0 Å². The van der Waals surface area contributed by atoms with Crippen molar-refractivity contribution in [2.45, 2.75) is 76.7 Å². The molecule has 2 aliphatic carbocycles. The Balaban J connectivity index is 1.03. The number of ketones is 1. The Morgan fingerprint density at radius 2 is 1.67 bits per heavy atom. The number of carboxylic acids is 1. The number of likely N-dealkylation sites (tertiary alicyclic amines) is 1. The van der Waals surface area contributed by atoms with E-state index in [9.17, 15) is 19.5 Å². The fourth-order valence-corrected chi connectivity index (χ4v) is 9.49. The largest absolute Gasteiger partial charge is 0.477 e. The lowest BCUT2D eigenvalue weighted by Crippen LogP contribution is -2.41. The summed E-state index contributed by atoms with van der Waals surface area (Å²) in [5.41, 5.74) is 5.23. The van der Waals surface area contributed by atoms with E-state index in [1.54, 1.807) is 12.3 Å². The molecule has 1 atom stereocenters. The van der Waals surface area contributed by atoms with E-state index in [1.807, 2.05) is 12.3 Å². The van der Waals surface area contributed by atoms with Crippen LogP contribution >= 0.6 is 50.1 Å². The monoisotopic (exact) mass is 805 g/mol. The fraction of sp³-hybridized carbons (Fsp3) is 0.486. The van der Waals surface area contributed by atoms with Gasteiger partial charge in [0.2, 0.25) is 5.91 Å². The smallest absolute Gasteiger partial charge is 0.352 e. The normalized spacial score (nSPS) is 21.9. The average molecular weight is 807 g/mol. The second-order valence-electron chi connectivity index (χ2n) is 13.0. The summed E-state index contributed by atoms with van der Waals surface area (Å²) >= 11 is 12.7. The summed E-state index contributed by atoms with van der Waals surface area (Å²) in [4.78, 5) is 44.5. The first-order valence-corrected chi connectivity index (χ1v) is 18.2. The van der Waals surface area contributed by atoms with E-state index in [0.717, 1.165) is 77.5 Å². The molecule has 0 radical (unpaired) electrons. The Morgan fingerprint density at radius 1 is 0.978 bits per heavy atom. The predicted molar refractivity (Wildman–Crippen MR) is 186 cm³/mol. The molecule has 6 rings (SSSR count). The molecule has 3 aliphatic rings. The molecule has 0 spiro atoms. The van der Waals surface area contributed by atoms with E-state index < -0.39 is 5.97 Å². The summed E-state index contributed by atoms with van der Waals surface area (Å²) in [5, 5.41) is 10.0. The van der Waals surface area contributed by atoms with Crippen LogP contribution in [-0.2, 0) is 29.0 Å². The molecule has 0 unspecified atom stereocenters. The molecular formula is C35H38BrClIN3O4. The van der Waals surface area contributed by atoms with Gasteiger partial charge in [-0.25, -0.2) is 4.79 Å². The van der Waals surface area contributed by atoms with Gasteiger partial charge in [-0.3, -0.25) is 14.6 Å². The lowest BCUT2D eigenvalue weighted by molar-refractivity contribution is -0.134. The highest BCUT2D eigenvalue weighted by Gasteiger charge is 2.37. The number of aryl methyl sites for hydroxylation is 2. The van der Waals surface area contributed by atoms with Gasteiger partial charge in [0.1, 0.15) is 5.69 Å². The van der Waals surface area contributed by atoms with E-state index in [-0.39, 0.29) is 29.8 Å². The van der Waals surface area contributed by atoms with Gasteiger partial charge < -0.3 is 14.6 Å². The maximum absolute atomic E-state index is 13.4. The number of Topliss-reactive ketones (excluding diaryl/α,β-unsaturated/α-hetero) is 1. The molecule has 2 aromatic heterocycles. The van der Waals surface area contributed by atoms with Crippen molar-refractivity contribution in [1.82, 2.24) is 14.5 Å². The van der Waals surface area contributed by atoms with Crippen molar-refractivity contribution in [3.63, 3.8) is 0 Å². The number of benzene rings is 1. The number of aromatic nitrogens is 2. The summed E-state index contributed by atoms with van der Waals surface area (Å²) in [6, 6.07) is 9.57. The molecule has 1 saturated heterocycles. The van der Waals surface area contributed by atoms with Crippen molar-refractivity contribution in [2.24, 2.45) is 17.8 Å². The van der Waals surface area contributed by atoms with Gasteiger partial charge in [-0.2, -0.15) is 0 Å². The van der Waals surface area contributed by atoms with Crippen LogP contribution in [0.15, 0.2) is 47.2 Å². The van der Waals surface area contributed by atoms with Gasteiger partial charge in [0, 0.05) is 57.3 Å². The highest BCUT2D eigenvalue weighted by molar-refractivity contribution is 14.1. The van der Waals surface area contributed by atoms with Gasteiger partial charge in [-0.05, 0) is 139 Å². The van der Waals surface area contributed by atoms with Crippen LogP contribution in [0.25, 0.3) is 0 Å². The number of rotatable bonds is 8. The third-order valence-corrected chi connectivity index (χ3v) is 11.6. The molecule has 1 amide bonds. The Kier molecular flexibility index (Phi) is 10.4. The molecule has 3 heterocycles. The standard InChI is InChI=1S/C35H38BrClIN3O4/c36-29-18-26(37)16-24-7-8-25-17-27(38)19-39-34(25)33(32(24)29)23-9-12-40(13-10-23)31(43)15-22-5-3-21(4-6-22)14-28(42)20-41-11-1-2-30(41)35(44)45/h1-2,11,16-19,21-23,33H,3-10,12-15,20H2,(H,44,45)/t21?,22?,33-/m1/s1. The number of nitrogens with zero attached hydrogens (tertiary/aromatic N) is 3. The Labute approximate surface area is 291 Å². The van der Waals surface area contributed by atoms with Crippen LogP contribution < -0.4 is 0 Å². The number of halogens is 3. The van der Waals surface area contributed by atoms with Gasteiger partial charge in [-0.1, -0.05) is 27.5 Å². The lowest BCUT2D eigenvalue weighted by atomic mass is 9.76. The molecule has 1 N–H and O–H groups in total. The van der Waals surface area contributed by atoms with Crippen LogP contribution in [-0.4, -0.2) is 50.3 Å². The van der Waals surface area contributed by atoms with Crippen molar-refractivity contribution in [3.05, 3.63) is 83.9 Å². The maximum atomic E-state index is 13.4. The quantitative estimate of drug-likeness (QED) is 0.234. The first kappa shape index (κ1) is 32.7. The summed E-state index contributed by atoms with van der Waals surface area (Å²) < 4.78 is 3.71. The number of hydrogen-bond donors (Lipinski definition) is 1. The molecule has 238 valence electrons. The number of fused-ring (bicyclic) bond motifs is 2. The topological polar surface area (TPSA) is 92.5 Å². The molecule has 0 bridgehead atoms. The highest BCUT2D eigenvalue weighted by atomic mass is 127. The average Bonchev–Trinajstić information content (AvgIpc) is 3.41. The van der Waals surface area contributed by atoms with E-state index in [1.165, 1.54) is 33.0 Å². The zero-order valence-corrected chi connectivity index (χ0v) is 29.7. The molecular weight excluding hydrogens is 769 g/mol. The SMILES string of the molecule is O=C(CC1CCC(CC(=O)N2CCC([C@H]3c4ncc(I)cc4CCc4cc(Cl)cc(Br)c43)CC2)CC1)Cn1cccc1C(=O)O.